The number of aromatic nitrogens is 3. The number of benzene rings is 9. The van der Waals surface area contributed by atoms with Crippen molar-refractivity contribution in [2.75, 3.05) is 0 Å². The molecule has 296 valence electrons. The number of aryl methyl sites for hydroxylation is 1. The Kier molecular flexibility index (Phi) is 8.80. The zero-order chi connectivity index (χ0) is 41.9. The zero-order valence-corrected chi connectivity index (χ0v) is 35.4. The molecule has 0 saturated carbocycles. The summed E-state index contributed by atoms with van der Waals surface area (Å²) in [7, 11) is 0. The summed E-state index contributed by atoms with van der Waals surface area (Å²) in [6, 6.07) is 78.7. The van der Waals surface area contributed by atoms with Crippen LogP contribution in [-0.4, -0.2) is 15.0 Å². The van der Waals surface area contributed by atoms with Crippen molar-refractivity contribution in [3.8, 4) is 67.5 Å². The molecule has 11 aromatic rings. The van der Waals surface area contributed by atoms with Gasteiger partial charge in [-0.05, 0) is 86.8 Å². The SMILES string of the molecule is Cc1ccc(-c2cc(-c3nc(-c4ccccc4)nc(-c4cccc5c4-c4ccccc4C5(c4ccccc4)c4ccccc4)n3)cc(-c3cccc4c3sc3ccccc34)c2)cc1. The molecule has 2 heterocycles. The third kappa shape index (κ3) is 6.06. The molecule has 1 aliphatic carbocycles. The second-order valence-corrected chi connectivity index (χ2v) is 17.4. The summed E-state index contributed by atoms with van der Waals surface area (Å²) in [6.07, 6.45) is 0. The van der Waals surface area contributed by atoms with Gasteiger partial charge in [0, 0.05) is 36.9 Å². The number of fused-ring (bicyclic) bond motifs is 6. The molecule has 2 aromatic heterocycles. The molecular weight excluding hydrogens is 783 g/mol. The van der Waals surface area contributed by atoms with Gasteiger partial charge in [0.2, 0.25) is 0 Å². The Hall–Kier alpha value is -7.79. The van der Waals surface area contributed by atoms with E-state index in [-0.39, 0.29) is 0 Å². The van der Waals surface area contributed by atoms with Crippen LogP contribution in [0, 0.1) is 6.92 Å². The van der Waals surface area contributed by atoms with Crippen LogP contribution in [0.15, 0.2) is 218 Å². The van der Waals surface area contributed by atoms with Crippen molar-refractivity contribution in [3.63, 3.8) is 0 Å². The third-order valence-corrected chi connectivity index (χ3v) is 13.9. The fourth-order valence-corrected chi connectivity index (χ4v) is 11.1. The van der Waals surface area contributed by atoms with Crippen molar-refractivity contribution >= 4 is 31.5 Å². The summed E-state index contributed by atoms with van der Waals surface area (Å²) < 4.78 is 2.55. The molecule has 3 nitrogen and oxygen atoms in total. The number of nitrogens with zero attached hydrogens (tertiary/aromatic N) is 3. The predicted molar refractivity (Wildman–Crippen MR) is 262 cm³/mol. The third-order valence-electron chi connectivity index (χ3n) is 12.7. The number of hydrogen-bond donors (Lipinski definition) is 0. The average molecular weight is 822 g/mol. The van der Waals surface area contributed by atoms with Gasteiger partial charge >= 0.3 is 0 Å². The Morgan fingerprint density at radius 2 is 0.905 bits per heavy atom. The van der Waals surface area contributed by atoms with E-state index in [2.05, 4.69) is 207 Å². The van der Waals surface area contributed by atoms with Crippen LogP contribution in [0.5, 0.6) is 0 Å². The number of thiophene rings is 1. The van der Waals surface area contributed by atoms with Gasteiger partial charge in [0.25, 0.3) is 0 Å². The molecule has 9 aromatic carbocycles. The maximum atomic E-state index is 5.50. The lowest BCUT2D eigenvalue weighted by Crippen LogP contribution is -2.28. The van der Waals surface area contributed by atoms with Crippen LogP contribution in [0.25, 0.3) is 87.7 Å². The molecule has 0 spiro atoms. The van der Waals surface area contributed by atoms with Crippen molar-refractivity contribution in [2.24, 2.45) is 0 Å². The van der Waals surface area contributed by atoms with E-state index in [1.54, 1.807) is 0 Å². The monoisotopic (exact) mass is 821 g/mol. The molecule has 0 fully saturated rings. The maximum absolute atomic E-state index is 5.50. The number of rotatable bonds is 7. The standard InChI is InChI=1S/C59H39N3S/c1-38-31-33-39(34-32-38)41-35-42(46-25-15-26-48-47-23-12-14-30-53(47)63-55(46)48)37-43(36-41)57-60-56(40-17-5-2-6-18-40)61-58(62-57)50-27-16-29-52-54(50)49-24-11-13-28-51(49)59(52,44-19-7-3-8-20-44)45-21-9-4-10-22-45/h2-37H,1H3. The summed E-state index contributed by atoms with van der Waals surface area (Å²) in [6.45, 7) is 2.13. The molecule has 0 aliphatic heterocycles. The highest BCUT2D eigenvalue weighted by Crippen LogP contribution is 2.58. The van der Waals surface area contributed by atoms with Gasteiger partial charge in [-0.2, -0.15) is 0 Å². The van der Waals surface area contributed by atoms with Gasteiger partial charge in [-0.1, -0.05) is 200 Å². The van der Waals surface area contributed by atoms with Gasteiger partial charge in [0.05, 0.1) is 5.41 Å². The Morgan fingerprint density at radius 1 is 0.365 bits per heavy atom. The van der Waals surface area contributed by atoms with Crippen LogP contribution in [0.4, 0.5) is 0 Å². The van der Waals surface area contributed by atoms with E-state index in [0.29, 0.717) is 17.5 Å². The van der Waals surface area contributed by atoms with Gasteiger partial charge in [-0.25, -0.2) is 15.0 Å². The molecule has 0 N–H and O–H groups in total. The second-order valence-electron chi connectivity index (χ2n) is 16.4. The highest BCUT2D eigenvalue weighted by molar-refractivity contribution is 7.26. The minimum Gasteiger partial charge on any atom is -0.208 e. The minimum absolute atomic E-state index is 0.548. The van der Waals surface area contributed by atoms with E-state index in [1.165, 1.54) is 59.1 Å². The lowest BCUT2D eigenvalue weighted by atomic mass is 9.67. The summed E-state index contributed by atoms with van der Waals surface area (Å²) in [5, 5.41) is 2.55. The van der Waals surface area contributed by atoms with Crippen molar-refractivity contribution in [1.29, 1.82) is 0 Å². The normalized spacial score (nSPS) is 12.7. The minimum atomic E-state index is -0.548. The highest BCUT2D eigenvalue weighted by Gasteiger charge is 2.47. The summed E-state index contributed by atoms with van der Waals surface area (Å²) >= 11 is 1.85. The molecule has 12 rings (SSSR count). The summed E-state index contributed by atoms with van der Waals surface area (Å²) in [5.74, 6) is 1.89. The molecule has 0 unspecified atom stereocenters. The first-order chi connectivity index (χ1) is 31.1. The largest absolute Gasteiger partial charge is 0.208 e. The molecule has 0 atom stereocenters. The molecule has 0 saturated heterocycles. The fraction of sp³-hybridized carbons (Fsp3) is 0.0339. The number of hydrogen-bond acceptors (Lipinski definition) is 4. The van der Waals surface area contributed by atoms with E-state index < -0.39 is 5.41 Å². The molecule has 0 bridgehead atoms. The van der Waals surface area contributed by atoms with Crippen LogP contribution in [0.2, 0.25) is 0 Å². The summed E-state index contributed by atoms with van der Waals surface area (Å²) in [5.41, 5.74) is 15.3. The molecule has 0 amide bonds. The topological polar surface area (TPSA) is 38.7 Å². The molecular formula is C59H39N3S. The van der Waals surface area contributed by atoms with E-state index in [1.807, 2.05) is 29.5 Å². The van der Waals surface area contributed by atoms with Crippen LogP contribution >= 0.6 is 11.3 Å². The Bertz CT molecular complexity index is 3460. The van der Waals surface area contributed by atoms with Crippen LogP contribution in [0.1, 0.15) is 27.8 Å². The van der Waals surface area contributed by atoms with E-state index >= 15 is 0 Å². The zero-order valence-electron chi connectivity index (χ0n) is 34.5. The fourth-order valence-electron chi connectivity index (χ4n) is 9.82. The first-order valence-corrected chi connectivity index (χ1v) is 22.2. The Balaban J connectivity index is 1.12. The van der Waals surface area contributed by atoms with Crippen LogP contribution in [0.3, 0.4) is 0 Å². The van der Waals surface area contributed by atoms with Crippen molar-refractivity contribution in [3.05, 3.63) is 246 Å². The quantitative estimate of drug-likeness (QED) is 0.161. The first kappa shape index (κ1) is 37.0. The molecule has 0 radical (unpaired) electrons. The van der Waals surface area contributed by atoms with Gasteiger partial charge < -0.3 is 0 Å². The van der Waals surface area contributed by atoms with E-state index in [9.17, 15) is 0 Å². The lowest BCUT2D eigenvalue weighted by molar-refractivity contribution is 0.768. The van der Waals surface area contributed by atoms with E-state index in [0.717, 1.165) is 38.9 Å². The van der Waals surface area contributed by atoms with Crippen molar-refractivity contribution in [2.45, 2.75) is 12.3 Å². The van der Waals surface area contributed by atoms with Gasteiger partial charge in [0.1, 0.15) is 0 Å². The van der Waals surface area contributed by atoms with E-state index in [4.69, 9.17) is 15.0 Å². The van der Waals surface area contributed by atoms with Crippen LogP contribution < -0.4 is 0 Å². The highest BCUT2D eigenvalue weighted by atomic mass is 32.1. The van der Waals surface area contributed by atoms with Crippen molar-refractivity contribution in [1.82, 2.24) is 15.0 Å². The average Bonchev–Trinajstić information content (AvgIpc) is 3.89. The predicted octanol–water partition coefficient (Wildman–Crippen LogP) is 15.2. The molecule has 4 heteroatoms. The first-order valence-electron chi connectivity index (χ1n) is 21.4. The second kappa shape index (κ2) is 15.0. The smallest absolute Gasteiger partial charge is 0.164 e. The van der Waals surface area contributed by atoms with Gasteiger partial charge in [0.15, 0.2) is 17.5 Å². The van der Waals surface area contributed by atoms with Crippen molar-refractivity contribution < 1.29 is 0 Å². The summed E-state index contributed by atoms with van der Waals surface area (Å²) in [4.78, 5) is 16.2. The Morgan fingerprint density at radius 3 is 1.67 bits per heavy atom. The Labute approximate surface area is 370 Å². The molecule has 63 heavy (non-hydrogen) atoms. The van der Waals surface area contributed by atoms with Gasteiger partial charge in [-0.15, -0.1) is 11.3 Å². The van der Waals surface area contributed by atoms with Crippen LogP contribution in [-0.2, 0) is 5.41 Å². The molecule has 1 aliphatic rings. The lowest BCUT2D eigenvalue weighted by Gasteiger charge is -2.33. The maximum Gasteiger partial charge on any atom is 0.164 e. The van der Waals surface area contributed by atoms with Gasteiger partial charge in [-0.3, -0.25) is 0 Å².